The molecular formula is C26H25ClN6O2. The number of methoxy groups -OCH3 is 1. The fraction of sp³-hybridized carbons (Fsp3) is 0.308. The first-order valence-corrected chi connectivity index (χ1v) is 12.2. The van der Waals surface area contributed by atoms with E-state index in [4.69, 9.17) is 26.3 Å². The average molecular weight is 489 g/mol. The summed E-state index contributed by atoms with van der Waals surface area (Å²) in [6.45, 7) is 2.64. The summed E-state index contributed by atoms with van der Waals surface area (Å²) in [6.07, 6.45) is 4.08. The molecule has 4 aromatic rings. The van der Waals surface area contributed by atoms with E-state index in [9.17, 15) is 4.79 Å². The van der Waals surface area contributed by atoms with E-state index in [1.54, 1.807) is 31.4 Å². The molecular weight excluding hydrogens is 464 g/mol. The topological polar surface area (TPSA) is 76.4 Å². The van der Waals surface area contributed by atoms with Gasteiger partial charge in [0.05, 0.1) is 24.4 Å². The molecule has 0 N–H and O–H groups in total. The van der Waals surface area contributed by atoms with Gasteiger partial charge >= 0.3 is 0 Å². The molecule has 0 atom stereocenters. The second kappa shape index (κ2) is 8.85. The van der Waals surface area contributed by atoms with Crippen molar-refractivity contribution < 1.29 is 9.53 Å². The summed E-state index contributed by atoms with van der Waals surface area (Å²) < 4.78 is 7.16. The zero-order valence-corrected chi connectivity index (χ0v) is 20.1. The van der Waals surface area contributed by atoms with E-state index in [0.717, 1.165) is 47.0 Å². The second-order valence-corrected chi connectivity index (χ2v) is 9.39. The summed E-state index contributed by atoms with van der Waals surface area (Å²) in [5, 5.41) is 6.20. The third-order valence-electron chi connectivity index (χ3n) is 6.64. The van der Waals surface area contributed by atoms with Gasteiger partial charge in [-0.1, -0.05) is 11.6 Å². The van der Waals surface area contributed by atoms with Gasteiger partial charge in [-0.25, -0.2) is 14.6 Å². The second-order valence-electron chi connectivity index (χ2n) is 8.96. The maximum absolute atomic E-state index is 12.9. The minimum Gasteiger partial charge on any atom is -0.497 e. The first-order valence-electron chi connectivity index (χ1n) is 11.8. The standard InChI is InChI=1S/C26H25ClN6O2/c1-35-21-10-8-20(9-11-21)33-25-22(16-28-33)24(29-23(30-25)17-2-3-17)31-12-14-32(15-13-31)26(34)18-4-6-19(27)7-5-18/h4-11,16-17H,2-3,12-15H2,1H3. The Hall–Kier alpha value is -3.65. The highest BCUT2D eigenvalue weighted by atomic mass is 35.5. The summed E-state index contributed by atoms with van der Waals surface area (Å²) in [4.78, 5) is 27.0. The fourth-order valence-corrected chi connectivity index (χ4v) is 4.61. The van der Waals surface area contributed by atoms with Crippen LogP contribution in [0.5, 0.6) is 5.75 Å². The molecule has 178 valence electrons. The summed E-state index contributed by atoms with van der Waals surface area (Å²) in [5.74, 6) is 3.01. The smallest absolute Gasteiger partial charge is 0.253 e. The molecule has 0 bridgehead atoms. The Bertz CT molecular complexity index is 1370. The zero-order valence-electron chi connectivity index (χ0n) is 19.4. The number of hydrogen-bond acceptors (Lipinski definition) is 6. The lowest BCUT2D eigenvalue weighted by Gasteiger charge is -2.35. The third kappa shape index (κ3) is 4.18. The number of benzene rings is 2. The molecule has 35 heavy (non-hydrogen) atoms. The number of fused-ring (bicyclic) bond motifs is 1. The number of piperazine rings is 1. The van der Waals surface area contributed by atoms with Gasteiger partial charge in [-0.3, -0.25) is 4.79 Å². The number of nitrogens with zero attached hydrogens (tertiary/aromatic N) is 6. The van der Waals surface area contributed by atoms with E-state index < -0.39 is 0 Å². The van der Waals surface area contributed by atoms with Gasteiger partial charge in [0.25, 0.3) is 5.91 Å². The Labute approximate surface area is 208 Å². The van der Waals surface area contributed by atoms with Crippen molar-refractivity contribution in [2.24, 2.45) is 0 Å². The number of rotatable bonds is 5. The van der Waals surface area contributed by atoms with Gasteiger partial charge < -0.3 is 14.5 Å². The lowest BCUT2D eigenvalue weighted by molar-refractivity contribution is 0.0746. The van der Waals surface area contributed by atoms with Crippen LogP contribution in [0.3, 0.4) is 0 Å². The molecule has 0 radical (unpaired) electrons. The van der Waals surface area contributed by atoms with Crippen molar-refractivity contribution >= 4 is 34.4 Å². The van der Waals surface area contributed by atoms with Crippen LogP contribution in [0.1, 0.15) is 34.9 Å². The Morgan fingerprint density at radius 1 is 0.971 bits per heavy atom. The highest BCUT2D eigenvalue weighted by molar-refractivity contribution is 6.30. The number of hydrogen-bond donors (Lipinski definition) is 0. The van der Waals surface area contributed by atoms with Crippen molar-refractivity contribution in [1.82, 2.24) is 24.6 Å². The van der Waals surface area contributed by atoms with Crippen LogP contribution < -0.4 is 9.64 Å². The molecule has 6 rings (SSSR count). The minimum atomic E-state index is 0.0279. The van der Waals surface area contributed by atoms with Crippen LogP contribution in [-0.4, -0.2) is 63.8 Å². The molecule has 1 saturated carbocycles. The van der Waals surface area contributed by atoms with Crippen molar-refractivity contribution in [1.29, 1.82) is 0 Å². The molecule has 0 spiro atoms. The third-order valence-corrected chi connectivity index (χ3v) is 6.89. The van der Waals surface area contributed by atoms with E-state index in [2.05, 4.69) is 10.00 Å². The first kappa shape index (κ1) is 21.9. The number of ether oxygens (including phenoxy) is 1. The quantitative estimate of drug-likeness (QED) is 0.416. The predicted octanol–water partition coefficient (Wildman–Crippen LogP) is 4.32. The Kier molecular flexibility index (Phi) is 5.53. The molecule has 8 nitrogen and oxygen atoms in total. The summed E-state index contributed by atoms with van der Waals surface area (Å²) >= 11 is 5.97. The van der Waals surface area contributed by atoms with Crippen molar-refractivity contribution in [3.8, 4) is 11.4 Å². The zero-order chi connectivity index (χ0) is 23.9. The monoisotopic (exact) mass is 488 g/mol. The van der Waals surface area contributed by atoms with Crippen molar-refractivity contribution in [2.45, 2.75) is 18.8 Å². The van der Waals surface area contributed by atoms with Crippen molar-refractivity contribution in [2.75, 3.05) is 38.2 Å². The summed E-state index contributed by atoms with van der Waals surface area (Å²) in [6, 6.07) is 14.9. The predicted molar refractivity (Wildman–Crippen MR) is 135 cm³/mol. The number of anilines is 1. The van der Waals surface area contributed by atoms with E-state index in [1.807, 2.05) is 40.0 Å². The minimum absolute atomic E-state index is 0.0279. The van der Waals surface area contributed by atoms with Crippen molar-refractivity contribution in [3.05, 3.63) is 71.1 Å². The van der Waals surface area contributed by atoms with Crippen LogP contribution in [0.4, 0.5) is 5.82 Å². The first-order chi connectivity index (χ1) is 17.1. The molecule has 1 saturated heterocycles. The van der Waals surface area contributed by atoms with Crippen LogP contribution >= 0.6 is 11.6 Å². The molecule has 2 fully saturated rings. The lowest BCUT2D eigenvalue weighted by atomic mass is 10.2. The van der Waals surface area contributed by atoms with E-state index in [-0.39, 0.29) is 5.91 Å². The van der Waals surface area contributed by atoms with Crippen LogP contribution in [0.15, 0.2) is 54.7 Å². The molecule has 3 heterocycles. The number of halogens is 1. The highest BCUT2D eigenvalue weighted by Crippen LogP contribution is 2.40. The van der Waals surface area contributed by atoms with Crippen LogP contribution in [-0.2, 0) is 0 Å². The fourth-order valence-electron chi connectivity index (χ4n) is 4.48. The summed E-state index contributed by atoms with van der Waals surface area (Å²) in [7, 11) is 1.66. The SMILES string of the molecule is COc1ccc(-n2ncc3c(N4CCN(C(=O)c5ccc(Cl)cc5)CC4)nc(C4CC4)nc32)cc1. The molecule has 1 aliphatic carbocycles. The summed E-state index contributed by atoms with van der Waals surface area (Å²) in [5.41, 5.74) is 2.39. The van der Waals surface area contributed by atoms with Crippen LogP contribution in [0.25, 0.3) is 16.7 Å². The molecule has 1 aliphatic heterocycles. The molecule has 0 unspecified atom stereocenters. The Morgan fingerprint density at radius 3 is 2.34 bits per heavy atom. The average Bonchev–Trinajstić information content (AvgIpc) is 3.67. The van der Waals surface area contributed by atoms with Gasteiger partial charge in [-0.05, 0) is 61.4 Å². The molecule has 1 amide bonds. The lowest BCUT2D eigenvalue weighted by Crippen LogP contribution is -2.49. The number of carbonyl (C=O) groups is 1. The van der Waals surface area contributed by atoms with Gasteiger partial charge in [-0.15, -0.1) is 0 Å². The molecule has 2 aromatic heterocycles. The van der Waals surface area contributed by atoms with Gasteiger partial charge in [0.15, 0.2) is 5.65 Å². The van der Waals surface area contributed by atoms with Crippen LogP contribution in [0.2, 0.25) is 5.02 Å². The van der Waals surface area contributed by atoms with Gasteiger partial charge in [0.2, 0.25) is 0 Å². The molecule has 9 heteroatoms. The van der Waals surface area contributed by atoms with Gasteiger partial charge in [0.1, 0.15) is 17.4 Å². The van der Waals surface area contributed by atoms with Crippen LogP contribution in [0, 0.1) is 0 Å². The highest BCUT2D eigenvalue weighted by Gasteiger charge is 2.31. The number of aromatic nitrogens is 4. The van der Waals surface area contributed by atoms with E-state index in [1.165, 1.54) is 0 Å². The van der Waals surface area contributed by atoms with Gasteiger partial charge in [0, 0.05) is 42.7 Å². The largest absolute Gasteiger partial charge is 0.497 e. The Morgan fingerprint density at radius 2 is 1.69 bits per heavy atom. The maximum atomic E-state index is 12.9. The van der Waals surface area contributed by atoms with E-state index >= 15 is 0 Å². The number of carbonyl (C=O) groups excluding carboxylic acids is 1. The van der Waals surface area contributed by atoms with Gasteiger partial charge in [-0.2, -0.15) is 5.10 Å². The molecule has 2 aliphatic rings. The van der Waals surface area contributed by atoms with E-state index in [0.29, 0.717) is 42.7 Å². The normalized spacial score (nSPS) is 16.1. The molecule has 2 aromatic carbocycles. The Balaban J connectivity index is 1.29. The van der Waals surface area contributed by atoms with Crippen molar-refractivity contribution in [3.63, 3.8) is 0 Å². The maximum Gasteiger partial charge on any atom is 0.253 e. The number of amides is 1.